The summed E-state index contributed by atoms with van der Waals surface area (Å²) < 4.78 is 0. The zero-order valence-electron chi connectivity index (χ0n) is 19.0. The van der Waals surface area contributed by atoms with E-state index in [0.717, 1.165) is 87.5 Å². The minimum Gasteiger partial charge on any atom is -0.343 e. The molecule has 32 heavy (non-hydrogen) atoms. The Balaban J connectivity index is 1.28. The monoisotopic (exact) mass is 436 g/mol. The molecule has 4 heterocycles. The molecule has 0 aliphatic carbocycles. The Labute approximate surface area is 189 Å². The van der Waals surface area contributed by atoms with Gasteiger partial charge in [-0.15, -0.1) is 0 Å². The maximum Gasteiger partial charge on any atom is 0.219 e. The van der Waals surface area contributed by atoms with Crippen LogP contribution in [0.25, 0.3) is 11.4 Å². The van der Waals surface area contributed by atoms with Gasteiger partial charge in [-0.05, 0) is 50.4 Å². The zero-order chi connectivity index (χ0) is 22.5. The first kappa shape index (κ1) is 22.3. The van der Waals surface area contributed by atoms with Gasteiger partial charge in [-0.25, -0.2) is 0 Å². The highest BCUT2D eigenvalue weighted by Crippen LogP contribution is 2.23. The van der Waals surface area contributed by atoms with Crippen LogP contribution in [0.2, 0.25) is 0 Å². The Morgan fingerprint density at radius 3 is 1.34 bits per heavy atom. The smallest absolute Gasteiger partial charge is 0.219 e. The van der Waals surface area contributed by atoms with E-state index in [9.17, 15) is 9.59 Å². The largest absolute Gasteiger partial charge is 0.343 e. The van der Waals surface area contributed by atoms with Crippen LogP contribution in [-0.4, -0.2) is 67.7 Å². The Bertz CT molecular complexity index is 837. The number of carbonyl (C=O) groups is 2. The SMILES string of the molecule is CC(=O)N1CCC(Cc2cnc(-c3cnc(CC4CCN(C(C)=O)CC4)cn3)cn2)CC1. The first-order valence-electron chi connectivity index (χ1n) is 11.6. The molecule has 8 nitrogen and oxygen atoms in total. The fourth-order valence-corrected chi connectivity index (χ4v) is 4.68. The van der Waals surface area contributed by atoms with E-state index in [-0.39, 0.29) is 11.8 Å². The van der Waals surface area contributed by atoms with Crippen molar-refractivity contribution in [1.29, 1.82) is 0 Å². The van der Waals surface area contributed by atoms with E-state index >= 15 is 0 Å². The van der Waals surface area contributed by atoms with Crippen LogP contribution in [0, 0.1) is 11.8 Å². The third-order valence-electron chi connectivity index (χ3n) is 6.79. The number of rotatable bonds is 5. The van der Waals surface area contributed by atoms with Crippen molar-refractivity contribution < 1.29 is 9.59 Å². The van der Waals surface area contributed by atoms with Crippen molar-refractivity contribution in [2.24, 2.45) is 11.8 Å². The number of piperidine rings is 2. The summed E-state index contributed by atoms with van der Waals surface area (Å²) in [5.41, 5.74) is 3.43. The van der Waals surface area contributed by atoms with Gasteiger partial charge in [-0.1, -0.05) is 0 Å². The van der Waals surface area contributed by atoms with E-state index in [4.69, 9.17) is 0 Å². The quantitative estimate of drug-likeness (QED) is 0.715. The van der Waals surface area contributed by atoms with Gasteiger partial charge in [-0.2, -0.15) is 0 Å². The maximum atomic E-state index is 11.5. The second kappa shape index (κ2) is 10.1. The molecule has 2 aromatic heterocycles. The number of aromatic nitrogens is 4. The molecular weight excluding hydrogens is 404 g/mol. The van der Waals surface area contributed by atoms with Gasteiger partial charge in [-0.3, -0.25) is 29.5 Å². The summed E-state index contributed by atoms with van der Waals surface area (Å²) in [4.78, 5) is 45.1. The van der Waals surface area contributed by atoms with Crippen molar-refractivity contribution in [2.75, 3.05) is 26.2 Å². The van der Waals surface area contributed by atoms with Crippen LogP contribution < -0.4 is 0 Å². The topological polar surface area (TPSA) is 92.2 Å². The Morgan fingerprint density at radius 1 is 0.688 bits per heavy atom. The molecule has 4 rings (SSSR count). The number of hydrogen-bond donors (Lipinski definition) is 0. The van der Waals surface area contributed by atoms with Crippen molar-refractivity contribution in [3.8, 4) is 11.4 Å². The van der Waals surface area contributed by atoms with Crippen LogP contribution in [0.5, 0.6) is 0 Å². The van der Waals surface area contributed by atoms with Gasteiger partial charge in [0, 0.05) is 52.4 Å². The standard InChI is InChI=1S/C24H32N6O2/c1-17(31)29-7-3-19(4-8-29)11-21-13-27-23(15-25-21)24-16-26-22(14-28-24)12-20-5-9-30(10-6-20)18(2)32/h13-16,19-20H,3-12H2,1-2H3. The maximum absolute atomic E-state index is 11.5. The molecule has 0 unspecified atom stereocenters. The van der Waals surface area contributed by atoms with Gasteiger partial charge in [0.1, 0.15) is 11.4 Å². The van der Waals surface area contributed by atoms with Gasteiger partial charge >= 0.3 is 0 Å². The van der Waals surface area contributed by atoms with E-state index in [1.165, 1.54) is 0 Å². The molecular formula is C24H32N6O2. The zero-order valence-corrected chi connectivity index (χ0v) is 19.0. The lowest BCUT2D eigenvalue weighted by Gasteiger charge is -2.31. The normalized spacial score (nSPS) is 18.1. The van der Waals surface area contributed by atoms with Gasteiger partial charge in [0.15, 0.2) is 0 Å². The molecule has 0 bridgehead atoms. The first-order valence-corrected chi connectivity index (χ1v) is 11.6. The second-order valence-electron chi connectivity index (χ2n) is 9.09. The molecule has 0 spiro atoms. The molecule has 8 heteroatoms. The minimum absolute atomic E-state index is 0.165. The van der Waals surface area contributed by atoms with Crippen molar-refractivity contribution in [2.45, 2.75) is 52.4 Å². The summed E-state index contributed by atoms with van der Waals surface area (Å²) in [7, 11) is 0. The Kier molecular flexibility index (Phi) is 7.07. The van der Waals surface area contributed by atoms with Gasteiger partial charge in [0.2, 0.25) is 11.8 Å². The van der Waals surface area contributed by atoms with E-state index in [0.29, 0.717) is 11.8 Å². The Morgan fingerprint density at radius 2 is 1.06 bits per heavy atom. The summed E-state index contributed by atoms with van der Waals surface area (Å²) in [6.07, 6.45) is 13.1. The number of nitrogens with zero attached hydrogens (tertiary/aromatic N) is 6. The lowest BCUT2D eigenvalue weighted by Crippen LogP contribution is -2.37. The predicted molar refractivity (Wildman–Crippen MR) is 120 cm³/mol. The van der Waals surface area contributed by atoms with Crippen LogP contribution >= 0.6 is 0 Å². The molecule has 0 radical (unpaired) electrons. The highest BCUT2D eigenvalue weighted by molar-refractivity contribution is 5.73. The second-order valence-corrected chi connectivity index (χ2v) is 9.09. The highest BCUT2D eigenvalue weighted by Gasteiger charge is 2.22. The van der Waals surface area contributed by atoms with Crippen molar-refractivity contribution in [3.63, 3.8) is 0 Å². The van der Waals surface area contributed by atoms with Gasteiger partial charge in [0.05, 0.1) is 23.8 Å². The van der Waals surface area contributed by atoms with Crippen molar-refractivity contribution in [3.05, 3.63) is 36.2 Å². The molecule has 0 saturated carbocycles. The highest BCUT2D eigenvalue weighted by atomic mass is 16.2. The summed E-state index contributed by atoms with van der Waals surface area (Å²) >= 11 is 0. The first-order chi connectivity index (χ1) is 15.5. The Hall–Kier alpha value is -2.90. The predicted octanol–water partition coefficient (Wildman–Crippen LogP) is 2.54. The van der Waals surface area contributed by atoms with Crippen LogP contribution in [0.3, 0.4) is 0 Å². The molecule has 0 atom stereocenters. The molecule has 2 saturated heterocycles. The molecule has 170 valence electrons. The van der Waals surface area contributed by atoms with Crippen LogP contribution in [0.4, 0.5) is 0 Å². The van der Waals surface area contributed by atoms with Crippen molar-refractivity contribution >= 4 is 11.8 Å². The summed E-state index contributed by atoms with van der Waals surface area (Å²) in [5, 5.41) is 0. The van der Waals surface area contributed by atoms with E-state index in [1.807, 2.05) is 22.2 Å². The molecule has 2 aromatic rings. The fourth-order valence-electron chi connectivity index (χ4n) is 4.68. The van der Waals surface area contributed by atoms with E-state index in [2.05, 4.69) is 19.9 Å². The molecule has 2 fully saturated rings. The average Bonchev–Trinajstić information content (AvgIpc) is 2.81. The number of likely N-dealkylation sites (tertiary alicyclic amines) is 2. The number of hydrogen-bond acceptors (Lipinski definition) is 6. The van der Waals surface area contributed by atoms with E-state index in [1.54, 1.807) is 26.2 Å². The van der Waals surface area contributed by atoms with Crippen LogP contribution in [0.15, 0.2) is 24.8 Å². The molecule has 0 aromatic carbocycles. The van der Waals surface area contributed by atoms with Gasteiger partial charge < -0.3 is 9.80 Å². The molecule has 2 amide bonds. The fraction of sp³-hybridized carbons (Fsp3) is 0.583. The van der Waals surface area contributed by atoms with Crippen molar-refractivity contribution in [1.82, 2.24) is 29.7 Å². The third-order valence-corrected chi connectivity index (χ3v) is 6.79. The lowest BCUT2D eigenvalue weighted by atomic mass is 9.92. The summed E-state index contributed by atoms with van der Waals surface area (Å²) in [6, 6.07) is 0. The third kappa shape index (κ3) is 5.66. The van der Waals surface area contributed by atoms with Crippen LogP contribution in [-0.2, 0) is 22.4 Å². The van der Waals surface area contributed by atoms with Crippen LogP contribution in [0.1, 0.15) is 50.9 Å². The lowest BCUT2D eigenvalue weighted by molar-refractivity contribution is -0.131. The average molecular weight is 437 g/mol. The number of amides is 2. The minimum atomic E-state index is 0.165. The van der Waals surface area contributed by atoms with E-state index < -0.39 is 0 Å². The molecule has 2 aliphatic heterocycles. The summed E-state index contributed by atoms with van der Waals surface area (Å²) in [6.45, 7) is 6.62. The molecule has 0 N–H and O–H groups in total. The molecule has 2 aliphatic rings. The summed E-state index contributed by atoms with van der Waals surface area (Å²) in [5.74, 6) is 1.43. The van der Waals surface area contributed by atoms with Gasteiger partial charge in [0.25, 0.3) is 0 Å². The number of carbonyl (C=O) groups excluding carboxylic acids is 2.